The number of halogens is 3. The Balaban J connectivity index is 2.31. The van der Waals surface area contributed by atoms with Crippen molar-refractivity contribution in [1.29, 1.82) is 0 Å². The summed E-state index contributed by atoms with van der Waals surface area (Å²) >= 11 is 9.17. The van der Waals surface area contributed by atoms with E-state index >= 15 is 0 Å². The number of carbonyl (C=O) groups excluding carboxylic acids is 1. The van der Waals surface area contributed by atoms with E-state index in [0.29, 0.717) is 27.4 Å². The van der Waals surface area contributed by atoms with E-state index in [9.17, 15) is 9.18 Å². The predicted octanol–water partition coefficient (Wildman–Crippen LogP) is 5.26. The SMILES string of the molecule is CCCOc1ccc(C(=O)c2cc(Cl)ccc2F)cc1Br. The van der Waals surface area contributed by atoms with Gasteiger partial charge in [0.2, 0.25) is 0 Å². The molecule has 0 amide bonds. The molecule has 21 heavy (non-hydrogen) atoms. The molecule has 0 bridgehead atoms. The van der Waals surface area contributed by atoms with E-state index in [2.05, 4.69) is 15.9 Å². The van der Waals surface area contributed by atoms with Crippen molar-refractivity contribution in [2.75, 3.05) is 6.61 Å². The van der Waals surface area contributed by atoms with Crippen molar-refractivity contribution >= 4 is 33.3 Å². The third kappa shape index (κ3) is 3.83. The van der Waals surface area contributed by atoms with E-state index in [1.54, 1.807) is 18.2 Å². The fourth-order valence-electron chi connectivity index (χ4n) is 1.80. The number of carbonyl (C=O) groups is 1. The second kappa shape index (κ2) is 7.05. The molecule has 0 aliphatic carbocycles. The highest BCUT2D eigenvalue weighted by atomic mass is 79.9. The maximum absolute atomic E-state index is 13.7. The first-order valence-corrected chi connectivity index (χ1v) is 7.62. The first-order chi connectivity index (χ1) is 10.0. The van der Waals surface area contributed by atoms with Crippen molar-refractivity contribution in [3.8, 4) is 5.75 Å². The lowest BCUT2D eigenvalue weighted by molar-refractivity contribution is 0.103. The number of ether oxygens (including phenoxy) is 1. The van der Waals surface area contributed by atoms with Gasteiger partial charge in [-0.2, -0.15) is 0 Å². The molecule has 0 radical (unpaired) electrons. The van der Waals surface area contributed by atoms with Crippen molar-refractivity contribution in [3.05, 3.63) is 62.8 Å². The molecule has 0 unspecified atom stereocenters. The lowest BCUT2D eigenvalue weighted by Crippen LogP contribution is -2.05. The number of benzene rings is 2. The minimum atomic E-state index is -0.591. The van der Waals surface area contributed by atoms with E-state index < -0.39 is 11.6 Å². The van der Waals surface area contributed by atoms with Gasteiger partial charge in [0.25, 0.3) is 0 Å². The summed E-state index contributed by atoms with van der Waals surface area (Å²) in [6.45, 7) is 2.60. The van der Waals surface area contributed by atoms with Gasteiger partial charge in [-0.15, -0.1) is 0 Å². The van der Waals surface area contributed by atoms with Crippen LogP contribution in [0.3, 0.4) is 0 Å². The van der Waals surface area contributed by atoms with Gasteiger partial charge in [0.15, 0.2) is 5.78 Å². The van der Waals surface area contributed by atoms with E-state index in [1.165, 1.54) is 18.2 Å². The molecule has 0 aliphatic heterocycles. The quantitative estimate of drug-likeness (QED) is 0.670. The number of hydrogen-bond donors (Lipinski definition) is 0. The summed E-state index contributed by atoms with van der Waals surface area (Å²) in [4.78, 5) is 12.3. The van der Waals surface area contributed by atoms with Crippen LogP contribution >= 0.6 is 27.5 Å². The Labute approximate surface area is 136 Å². The first kappa shape index (κ1) is 16.0. The molecule has 0 saturated heterocycles. The smallest absolute Gasteiger partial charge is 0.196 e. The van der Waals surface area contributed by atoms with Crippen LogP contribution in [-0.2, 0) is 0 Å². The van der Waals surface area contributed by atoms with Crippen LogP contribution in [0.5, 0.6) is 5.75 Å². The summed E-state index contributed by atoms with van der Waals surface area (Å²) in [5.41, 5.74) is 0.323. The minimum absolute atomic E-state index is 0.0448. The molecule has 0 atom stereocenters. The molecule has 0 N–H and O–H groups in total. The Morgan fingerprint density at radius 3 is 2.71 bits per heavy atom. The standard InChI is InChI=1S/C16H13BrClFO2/c1-2-7-21-15-6-3-10(8-13(15)17)16(20)12-9-11(18)4-5-14(12)19/h3-6,8-9H,2,7H2,1H3. The second-order valence-electron chi connectivity index (χ2n) is 4.45. The van der Waals surface area contributed by atoms with Crippen LogP contribution in [0.15, 0.2) is 40.9 Å². The fraction of sp³-hybridized carbons (Fsp3) is 0.188. The molecule has 5 heteroatoms. The molecular weight excluding hydrogens is 359 g/mol. The van der Waals surface area contributed by atoms with Gasteiger partial charge < -0.3 is 4.74 Å². The van der Waals surface area contributed by atoms with Crippen LogP contribution in [0, 0.1) is 5.82 Å². The molecule has 0 aromatic heterocycles. The van der Waals surface area contributed by atoms with E-state index in [-0.39, 0.29) is 5.56 Å². The third-order valence-corrected chi connectivity index (χ3v) is 3.68. The average molecular weight is 372 g/mol. The largest absolute Gasteiger partial charge is 0.492 e. The van der Waals surface area contributed by atoms with Crippen molar-refractivity contribution in [2.45, 2.75) is 13.3 Å². The zero-order valence-corrected chi connectivity index (χ0v) is 13.7. The van der Waals surface area contributed by atoms with Gasteiger partial charge in [-0.3, -0.25) is 4.79 Å². The summed E-state index contributed by atoms with van der Waals surface area (Å²) in [5.74, 6) is -0.357. The van der Waals surface area contributed by atoms with Crippen molar-refractivity contribution < 1.29 is 13.9 Å². The molecule has 2 rings (SSSR count). The van der Waals surface area contributed by atoms with Crippen molar-refractivity contribution in [2.24, 2.45) is 0 Å². The highest BCUT2D eigenvalue weighted by Crippen LogP contribution is 2.28. The van der Waals surface area contributed by atoms with Gasteiger partial charge >= 0.3 is 0 Å². The summed E-state index contributed by atoms with van der Waals surface area (Å²) in [6.07, 6.45) is 0.890. The zero-order chi connectivity index (χ0) is 15.4. The number of ketones is 1. The Morgan fingerprint density at radius 1 is 1.29 bits per heavy atom. The minimum Gasteiger partial charge on any atom is -0.492 e. The summed E-state index contributed by atoms with van der Waals surface area (Å²) in [6, 6.07) is 8.84. The average Bonchev–Trinajstić information content (AvgIpc) is 2.47. The van der Waals surface area contributed by atoms with Crippen LogP contribution in [0.25, 0.3) is 0 Å². The lowest BCUT2D eigenvalue weighted by atomic mass is 10.0. The maximum Gasteiger partial charge on any atom is 0.196 e. The van der Waals surface area contributed by atoms with Gasteiger partial charge in [0.1, 0.15) is 11.6 Å². The Kier molecular flexibility index (Phi) is 5.37. The van der Waals surface area contributed by atoms with Crippen LogP contribution in [-0.4, -0.2) is 12.4 Å². The molecule has 0 saturated carbocycles. The van der Waals surface area contributed by atoms with Crippen LogP contribution < -0.4 is 4.74 Å². The maximum atomic E-state index is 13.7. The van der Waals surface area contributed by atoms with Gasteiger partial charge in [0.05, 0.1) is 16.6 Å². The molecule has 110 valence electrons. The molecular formula is C16H13BrClFO2. The van der Waals surface area contributed by atoms with Crippen LogP contribution in [0.4, 0.5) is 4.39 Å². The zero-order valence-electron chi connectivity index (χ0n) is 11.3. The monoisotopic (exact) mass is 370 g/mol. The summed E-state index contributed by atoms with van der Waals surface area (Å²) in [7, 11) is 0. The fourth-order valence-corrected chi connectivity index (χ4v) is 2.46. The lowest BCUT2D eigenvalue weighted by Gasteiger charge is -2.09. The molecule has 2 aromatic rings. The van der Waals surface area contributed by atoms with Crippen LogP contribution in [0.1, 0.15) is 29.3 Å². The molecule has 0 fully saturated rings. The molecule has 2 nitrogen and oxygen atoms in total. The Bertz CT molecular complexity index is 673. The normalized spacial score (nSPS) is 10.5. The topological polar surface area (TPSA) is 26.3 Å². The predicted molar refractivity (Wildman–Crippen MR) is 84.8 cm³/mol. The molecule has 0 heterocycles. The van der Waals surface area contributed by atoms with Gasteiger partial charge in [-0.05, 0) is 58.7 Å². The molecule has 0 aliphatic rings. The summed E-state index contributed by atoms with van der Waals surface area (Å²) in [5, 5.41) is 0.321. The van der Waals surface area contributed by atoms with Gasteiger partial charge in [-0.25, -0.2) is 4.39 Å². The van der Waals surface area contributed by atoms with E-state index in [0.717, 1.165) is 6.42 Å². The van der Waals surface area contributed by atoms with E-state index in [4.69, 9.17) is 16.3 Å². The van der Waals surface area contributed by atoms with Crippen LogP contribution in [0.2, 0.25) is 5.02 Å². The van der Waals surface area contributed by atoms with Crippen molar-refractivity contribution in [1.82, 2.24) is 0 Å². The number of hydrogen-bond acceptors (Lipinski definition) is 2. The Morgan fingerprint density at radius 2 is 2.05 bits per heavy atom. The van der Waals surface area contributed by atoms with Gasteiger partial charge in [-0.1, -0.05) is 18.5 Å². The molecule has 0 spiro atoms. The number of rotatable bonds is 5. The third-order valence-electron chi connectivity index (χ3n) is 2.83. The highest BCUT2D eigenvalue weighted by molar-refractivity contribution is 9.10. The molecule has 2 aromatic carbocycles. The summed E-state index contributed by atoms with van der Waals surface area (Å²) < 4.78 is 19.9. The first-order valence-electron chi connectivity index (χ1n) is 6.45. The highest BCUT2D eigenvalue weighted by Gasteiger charge is 2.16. The Hall–Kier alpha value is -1.39. The van der Waals surface area contributed by atoms with Gasteiger partial charge in [0, 0.05) is 10.6 Å². The second-order valence-corrected chi connectivity index (χ2v) is 5.74. The van der Waals surface area contributed by atoms with Crippen molar-refractivity contribution in [3.63, 3.8) is 0 Å². The van der Waals surface area contributed by atoms with E-state index in [1.807, 2.05) is 6.92 Å².